The number of anilines is 2. The molecule has 0 spiro atoms. The summed E-state index contributed by atoms with van der Waals surface area (Å²) in [4.78, 5) is 16.2. The fraction of sp³-hybridized carbons (Fsp3) is 0. The molecule has 0 unspecified atom stereocenters. The summed E-state index contributed by atoms with van der Waals surface area (Å²) in [5.41, 5.74) is 1.03. The van der Waals surface area contributed by atoms with Crippen LogP contribution in [0.15, 0.2) is 65.0 Å². The first-order valence-electron chi connectivity index (χ1n) is 7.74. The van der Waals surface area contributed by atoms with E-state index in [2.05, 4.69) is 42.9 Å². The Morgan fingerprint density at radius 3 is 2.54 bits per heavy atom. The predicted octanol–water partition coefficient (Wildman–Crippen LogP) is 3.68. The molecule has 3 rings (SSSR count). The number of rotatable bonds is 5. The third-order valence-corrected chi connectivity index (χ3v) is 6.44. The Hall–Kier alpha value is -2.09. The van der Waals surface area contributed by atoms with Crippen LogP contribution >= 0.6 is 46.1 Å². The minimum Gasteiger partial charge on any atom is -0.332 e. The maximum atomic E-state index is 12.3. The monoisotopic (exact) mass is 544 g/mol. The van der Waals surface area contributed by atoms with Gasteiger partial charge >= 0.3 is 0 Å². The van der Waals surface area contributed by atoms with Gasteiger partial charge in [-0.2, -0.15) is 0 Å². The Morgan fingerprint density at radius 1 is 1.14 bits per heavy atom. The second-order valence-electron chi connectivity index (χ2n) is 5.39. The minimum atomic E-state index is -3.72. The highest BCUT2D eigenvalue weighted by Gasteiger charge is 2.15. The second kappa shape index (κ2) is 8.94. The summed E-state index contributed by atoms with van der Waals surface area (Å²) in [7, 11) is -3.72. The lowest BCUT2D eigenvalue weighted by atomic mass is 10.2. The van der Waals surface area contributed by atoms with E-state index in [-0.39, 0.29) is 15.9 Å². The van der Waals surface area contributed by atoms with Crippen LogP contribution in [0.5, 0.6) is 0 Å². The normalized spacial score (nSPS) is 10.9. The lowest BCUT2D eigenvalue weighted by molar-refractivity contribution is 0.0977. The van der Waals surface area contributed by atoms with Gasteiger partial charge in [-0.25, -0.2) is 13.4 Å². The number of nitrogens with one attached hydrogen (secondary N) is 3. The smallest absolute Gasteiger partial charge is 0.263 e. The first-order valence-corrected chi connectivity index (χ1v) is 11.6. The molecule has 28 heavy (non-hydrogen) atoms. The zero-order valence-electron chi connectivity index (χ0n) is 14.0. The van der Waals surface area contributed by atoms with Gasteiger partial charge in [-0.3, -0.25) is 14.8 Å². The van der Waals surface area contributed by atoms with Crippen LogP contribution in [-0.4, -0.2) is 24.4 Å². The molecule has 0 fully saturated rings. The van der Waals surface area contributed by atoms with Gasteiger partial charge in [-0.15, -0.1) is 11.3 Å². The van der Waals surface area contributed by atoms with Crippen molar-refractivity contribution in [3.05, 3.63) is 69.2 Å². The molecular formula is C17H13IN4O3S3. The zero-order chi connectivity index (χ0) is 20.1. The van der Waals surface area contributed by atoms with Crippen molar-refractivity contribution < 1.29 is 13.2 Å². The van der Waals surface area contributed by atoms with Crippen molar-refractivity contribution in [1.29, 1.82) is 0 Å². The van der Waals surface area contributed by atoms with Crippen LogP contribution in [0.2, 0.25) is 0 Å². The van der Waals surface area contributed by atoms with Crippen molar-refractivity contribution in [1.82, 2.24) is 10.3 Å². The van der Waals surface area contributed by atoms with E-state index in [1.807, 2.05) is 6.07 Å². The number of carbonyl (C=O) groups excluding carboxylic acids is 1. The van der Waals surface area contributed by atoms with Gasteiger partial charge < -0.3 is 5.32 Å². The maximum Gasteiger partial charge on any atom is 0.263 e. The highest BCUT2D eigenvalue weighted by atomic mass is 127. The van der Waals surface area contributed by atoms with E-state index in [4.69, 9.17) is 12.2 Å². The topological polar surface area (TPSA) is 100 Å². The fourth-order valence-corrected chi connectivity index (χ4v) is 4.67. The molecule has 1 aromatic heterocycles. The zero-order valence-corrected chi connectivity index (χ0v) is 18.7. The summed E-state index contributed by atoms with van der Waals surface area (Å²) < 4.78 is 28.0. The summed E-state index contributed by atoms with van der Waals surface area (Å²) in [5, 5.41) is 7.52. The Labute approximate surface area is 184 Å². The Kier molecular flexibility index (Phi) is 6.59. The first-order chi connectivity index (χ1) is 13.3. The highest BCUT2D eigenvalue weighted by molar-refractivity contribution is 14.1. The number of benzene rings is 2. The van der Waals surface area contributed by atoms with Gasteiger partial charge in [0.05, 0.1) is 4.90 Å². The number of hydrogen-bond acceptors (Lipinski definition) is 6. The van der Waals surface area contributed by atoms with Crippen LogP contribution < -0.4 is 15.4 Å². The summed E-state index contributed by atoms with van der Waals surface area (Å²) >= 11 is 8.46. The summed E-state index contributed by atoms with van der Waals surface area (Å²) in [6.45, 7) is 0. The van der Waals surface area contributed by atoms with Gasteiger partial charge in [0, 0.05) is 26.4 Å². The van der Waals surface area contributed by atoms with Crippen LogP contribution in [0.1, 0.15) is 10.4 Å². The molecule has 3 N–H and O–H groups in total. The minimum absolute atomic E-state index is 0.0852. The van der Waals surface area contributed by atoms with E-state index >= 15 is 0 Å². The summed E-state index contributed by atoms with van der Waals surface area (Å²) in [6.07, 6.45) is 1.51. The van der Waals surface area contributed by atoms with Crippen molar-refractivity contribution in [3.63, 3.8) is 0 Å². The average molecular weight is 544 g/mol. The molecule has 1 heterocycles. The molecule has 144 valence electrons. The highest BCUT2D eigenvalue weighted by Crippen LogP contribution is 2.19. The lowest BCUT2D eigenvalue weighted by Gasteiger charge is -2.11. The van der Waals surface area contributed by atoms with E-state index in [0.717, 1.165) is 3.57 Å². The number of carbonyl (C=O) groups is 1. The van der Waals surface area contributed by atoms with E-state index < -0.39 is 10.0 Å². The molecule has 0 aliphatic carbocycles. The Morgan fingerprint density at radius 2 is 1.89 bits per heavy atom. The van der Waals surface area contributed by atoms with Crippen LogP contribution in [0.4, 0.5) is 10.8 Å². The van der Waals surface area contributed by atoms with Crippen LogP contribution in [-0.2, 0) is 10.0 Å². The van der Waals surface area contributed by atoms with Crippen molar-refractivity contribution in [2.75, 3.05) is 10.0 Å². The molecule has 11 heteroatoms. The molecule has 1 amide bonds. The number of thiazole rings is 1. The van der Waals surface area contributed by atoms with Gasteiger partial charge in [-0.05, 0) is 77.3 Å². The SMILES string of the molecule is O=C(NC(=S)Nc1ccc(S(=O)(=O)Nc2nccs2)cc1)c1cccc(I)c1. The Balaban J connectivity index is 1.62. The molecule has 0 radical (unpaired) electrons. The van der Waals surface area contributed by atoms with E-state index in [0.29, 0.717) is 16.4 Å². The van der Waals surface area contributed by atoms with Gasteiger partial charge in [0.25, 0.3) is 15.9 Å². The molecule has 7 nitrogen and oxygen atoms in total. The van der Waals surface area contributed by atoms with Crippen LogP contribution in [0.3, 0.4) is 0 Å². The number of nitrogens with zero attached hydrogens (tertiary/aromatic N) is 1. The van der Waals surface area contributed by atoms with Gasteiger partial charge in [0.1, 0.15) is 0 Å². The molecule has 0 bridgehead atoms. The lowest BCUT2D eigenvalue weighted by Crippen LogP contribution is -2.34. The number of aromatic nitrogens is 1. The summed E-state index contributed by atoms with van der Waals surface area (Å²) in [5.74, 6) is -0.331. The third-order valence-electron chi connectivity index (χ3n) is 3.39. The third kappa shape index (κ3) is 5.47. The van der Waals surface area contributed by atoms with Crippen molar-refractivity contribution >= 4 is 78.0 Å². The van der Waals surface area contributed by atoms with Crippen molar-refractivity contribution in [3.8, 4) is 0 Å². The number of hydrogen-bond donors (Lipinski definition) is 3. The van der Waals surface area contributed by atoms with Crippen molar-refractivity contribution in [2.45, 2.75) is 4.90 Å². The first kappa shape index (κ1) is 20.6. The molecule has 3 aromatic rings. The van der Waals surface area contributed by atoms with Crippen molar-refractivity contribution in [2.24, 2.45) is 0 Å². The number of halogens is 1. The van der Waals surface area contributed by atoms with Gasteiger partial charge in [-0.1, -0.05) is 6.07 Å². The molecule has 0 saturated heterocycles. The van der Waals surface area contributed by atoms with E-state index in [1.54, 1.807) is 35.7 Å². The standard InChI is InChI=1S/C17H13IN4O3S3/c18-12-3-1-2-11(10-12)15(23)21-16(26)20-13-4-6-14(7-5-13)28(24,25)22-17-19-8-9-27-17/h1-10H,(H,19,22)(H2,20,21,23,26). The van der Waals surface area contributed by atoms with E-state index in [1.165, 1.54) is 29.7 Å². The maximum absolute atomic E-state index is 12.3. The van der Waals surface area contributed by atoms with E-state index in [9.17, 15) is 13.2 Å². The Bertz CT molecular complexity index is 1100. The molecule has 2 aromatic carbocycles. The molecular weight excluding hydrogens is 531 g/mol. The number of sulfonamides is 1. The molecule has 0 saturated carbocycles. The quantitative estimate of drug-likeness (QED) is 0.335. The van der Waals surface area contributed by atoms with Crippen LogP contribution in [0, 0.1) is 3.57 Å². The van der Waals surface area contributed by atoms with Gasteiger partial charge in [0.15, 0.2) is 10.2 Å². The summed E-state index contributed by atoms with van der Waals surface area (Å²) in [6, 6.07) is 13.1. The second-order valence-corrected chi connectivity index (χ2v) is 9.62. The average Bonchev–Trinajstić information content (AvgIpc) is 3.14. The largest absolute Gasteiger partial charge is 0.332 e. The predicted molar refractivity (Wildman–Crippen MR) is 122 cm³/mol. The molecule has 0 atom stereocenters. The van der Waals surface area contributed by atoms with Gasteiger partial charge in [0.2, 0.25) is 0 Å². The fourth-order valence-electron chi connectivity index (χ4n) is 2.13. The molecule has 0 aliphatic heterocycles. The molecule has 0 aliphatic rings. The number of thiocarbonyl (C=S) groups is 1. The van der Waals surface area contributed by atoms with Crippen LogP contribution in [0.25, 0.3) is 0 Å². The number of amides is 1.